The molecule has 2 nitrogen and oxygen atoms in total. The van der Waals surface area contributed by atoms with Gasteiger partial charge in [0, 0.05) is 0 Å². The molecule has 0 aromatic carbocycles. The van der Waals surface area contributed by atoms with Gasteiger partial charge in [0.2, 0.25) is 6.20 Å². The fourth-order valence-corrected chi connectivity index (χ4v) is 0.354. The Morgan fingerprint density at radius 3 is 2.71 bits per heavy atom. The molecule has 0 saturated carbocycles. The predicted octanol–water partition coefficient (Wildman–Crippen LogP) is 0.243. The highest BCUT2D eigenvalue weighted by atomic mass is 19.1. The Bertz CT molecular complexity index is 144. The molecule has 1 heterocycles. The summed E-state index contributed by atoms with van der Waals surface area (Å²) in [5.74, 6) is 0. The van der Waals surface area contributed by atoms with Crippen LogP contribution in [-0.2, 0) is 7.05 Å². The van der Waals surface area contributed by atoms with Crippen molar-refractivity contribution in [2.75, 3.05) is 0 Å². The van der Waals surface area contributed by atoms with Crippen LogP contribution in [0.25, 0.3) is 0 Å². The molecule has 0 amide bonds. The Balaban J connectivity index is 3.04. The third-order valence-corrected chi connectivity index (χ3v) is 0.637. The van der Waals surface area contributed by atoms with Crippen LogP contribution in [0.1, 0.15) is 0 Å². The van der Waals surface area contributed by atoms with Crippen molar-refractivity contribution >= 4 is 0 Å². The zero-order valence-electron chi connectivity index (χ0n) is 3.89. The van der Waals surface area contributed by atoms with Gasteiger partial charge in [0.25, 0.3) is 0 Å². The monoisotopic (exact) mass is 102 g/mol. The lowest BCUT2D eigenvalue weighted by Crippen LogP contribution is -2.22. The second kappa shape index (κ2) is 1.33. The van der Waals surface area contributed by atoms with Gasteiger partial charge in [-0.25, -0.2) is 0 Å². The number of oxazole rings is 1. The summed E-state index contributed by atoms with van der Waals surface area (Å²) < 4.78 is 17.5. The molecule has 1 rings (SSSR count). The van der Waals surface area contributed by atoms with Gasteiger partial charge in [0.05, 0.1) is 0 Å². The summed E-state index contributed by atoms with van der Waals surface area (Å²) in [6, 6.07) is -0.553. The largest absolute Gasteiger partial charge is 0.378 e. The molecular weight excluding hydrogens is 97.0 g/mol. The Hall–Kier alpha value is -0.860. The fraction of sp³-hybridized carbons (Fsp3) is 0.250. The molecular formula is C4H5FNO+. The molecule has 0 fully saturated rings. The normalized spacial score (nSPS) is 9.43. The summed E-state index contributed by atoms with van der Waals surface area (Å²) in [5, 5.41) is 0. The van der Waals surface area contributed by atoms with Crippen LogP contribution in [0.15, 0.2) is 17.0 Å². The van der Waals surface area contributed by atoms with Crippen molar-refractivity contribution in [1.82, 2.24) is 0 Å². The lowest BCUT2D eigenvalue weighted by Gasteiger charge is -1.60. The summed E-state index contributed by atoms with van der Waals surface area (Å²) in [7, 11) is 1.69. The van der Waals surface area contributed by atoms with E-state index in [0.29, 0.717) is 0 Å². The second-order valence-electron chi connectivity index (χ2n) is 1.32. The van der Waals surface area contributed by atoms with Crippen LogP contribution in [0.3, 0.4) is 0 Å². The van der Waals surface area contributed by atoms with Gasteiger partial charge in [0.1, 0.15) is 7.05 Å². The number of rotatable bonds is 0. The topological polar surface area (TPSA) is 17.0 Å². The first-order valence-corrected chi connectivity index (χ1v) is 1.88. The van der Waals surface area contributed by atoms with E-state index in [9.17, 15) is 4.39 Å². The van der Waals surface area contributed by atoms with E-state index >= 15 is 0 Å². The molecule has 1 aromatic heterocycles. The Morgan fingerprint density at radius 1 is 1.86 bits per heavy atom. The molecule has 3 heteroatoms. The van der Waals surface area contributed by atoms with Crippen molar-refractivity contribution in [2.24, 2.45) is 7.05 Å². The highest BCUT2D eigenvalue weighted by Gasteiger charge is 1.98. The average molecular weight is 102 g/mol. The summed E-state index contributed by atoms with van der Waals surface area (Å²) in [5.41, 5.74) is 0. The molecule has 0 aliphatic carbocycles. The Labute approximate surface area is 40.2 Å². The van der Waals surface area contributed by atoms with Gasteiger partial charge in [0.15, 0.2) is 0 Å². The van der Waals surface area contributed by atoms with E-state index < -0.39 is 6.01 Å². The number of hydrogen-bond donors (Lipinski definition) is 0. The predicted molar refractivity (Wildman–Crippen MR) is 19.8 cm³/mol. The molecule has 0 saturated heterocycles. The van der Waals surface area contributed by atoms with Crippen LogP contribution < -0.4 is 4.57 Å². The van der Waals surface area contributed by atoms with Crippen molar-refractivity contribution in [3.05, 3.63) is 18.6 Å². The van der Waals surface area contributed by atoms with Crippen molar-refractivity contribution in [3.63, 3.8) is 0 Å². The molecule has 1 aromatic rings. The van der Waals surface area contributed by atoms with Gasteiger partial charge >= 0.3 is 12.4 Å². The first-order valence-electron chi connectivity index (χ1n) is 1.88. The molecule has 0 atom stereocenters. The van der Waals surface area contributed by atoms with E-state index in [4.69, 9.17) is 0 Å². The molecule has 0 bridgehead atoms. The van der Waals surface area contributed by atoms with E-state index in [0.717, 1.165) is 0 Å². The second-order valence-corrected chi connectivity index (χ2v) is 1.32. The van der Waals surface area contributed by atoms with Crippen LogP contribution in [0, 0.1) is 6.01 Å². The third kappa shape index (κ3) is 0.765. The summed E-state index contributed by atoms with van der Waals surface area (Å²) in [6.45, 7) is 0. The number of hydrogen-bond acceptors (Lipinski definition) is 1. The highest BCUT2D eigenvalue weighted by Crippen LogP contribution is 1.86. The lowest BCUT2D eigenvalue weighted by molar-refractivity contribution is -0.674. The number of aryl methyl sites for hydroxylation is 1. The zero-order valence-corrected chi connectivity index (χ0v) is 3.89. The number of nitrogens with zero attached hydrogens (tertiary/aromatic N) is 1. The summed E-state index contributed by atoms with van der Waals surface area (Å²) >= 11 is 0. The minimum Gasteiger partial charge on any atom is -0.378 e. The van der Waals surface area contributed by atoms with Gasteiger partial charge < -0.3 is 4.42 Å². The minimum absolute atomic E-state index is 0.553. The number of aromatic nitrogens is 1. The summed E-state index contributed by atoms with van der Waals surface area (Å²) in [4.78, 5) is 0. The van der Waals surface area contributed by atoms with E-state index in [2.05, 4.69) is 4.42 Å². The van der Waals surface area contributed by atoms with Crippen molar-refractivity contribution in [1.29, 1.82) is 0 Å². The fourth-order valence-electron chi connectivity index (χ4n) is 0.354. The first-order chi connectivity index (χ1) is 3.29. The molecule has 0 N–H and O–H groups in total. The van der Waals surface area contributed by atoms with Crippen LogP contribution >= 0.6 is 0 Å². The molecule has 0 radical (unpaired) electrons. The van der Waals surface area contributed by atoms with E-state index in [1.165, 1.54) is 17.2 Å². The van der Waals surface area contributed by atoms with Gasteiger partial charge in [-0.1, -0.05) is 0 Å². The zero-order chi connectivity index (χ0) is 5.28. The lowest BCUT2D eigenvalue weighted by atomic mass is 10.9. The van der Waals surface area contributed by atoms with Gasteiger partial charge in [-0.15, -0.1) is 0 Å². The SMILES string of the molecule is C[n+]1coc(F)c1. The minimum atomic E-state index is -0.553. The van der Waals surface area contributed by atoms with E-state index in [1.54, 1.807) is 7.05 Å². The molecule has 0 spiro atoms. The van der Waals surface area contributed by atoms with Crippen LogP contribution in [0.4, 0.5) is 4.39 Å². The molecule has 0 aliphatic heterocycles. The van der Waals surface area contributed by atoms with Gasteiger partial charge in [-0.2, -0.15) is 8.96 Å². The summed E-state index contributed by atoms with van der Waals surface area (Å²) in [6.07, 6.45) is 2.54. The maximum absolute atomic E-state index is 11.7. The van der Waals surface area contributed by atoms with Crippen molar-refractivity contribution < 1.29 is 13.4 Å². The smallest absolute Gasteiger partial charge is 0.347 e. The average Bonchev–Trinajstić information content (AvgIpc) is 1.87. The van der Waals surface area contributed by atoms with Gasteiger partial charge in [-0.05, 0) is 0 Å². The first kappa shape index (κ1) is 4.30. The molecule has 7 heavy (non-hydrogen) atoms. The van der Waals surface area contributed by atoms with Crippen LogP contribution in [0.5, 0.6) is 0 Å². The highest BCUT2D eigenvalue weighted by molar-refractivity contribution is 4.53. The van der Waals surface area contributed by atoms with Crippen LogP contribution in [0.2, 0.25) is 0 Å². The quantitative estimate of drug-likeness (QED) is 0.429. The van der Waals surface area contributed by atoms with Crippen molar-refractivity contribution in [3.8, 4) is 0 Å². The third-order valence-electron chi connectivity index (χ3n) is 0.637. The number of halogens is 1. The molecule has 0 unspecified atom stereocenters. The van der Waals surface area contributed by atoms with E-state index in [1.807, 2.05) is 0 Å². The Morgan fingerprint density at radius 2 is 2.57 bits per heavy atom. The Kier molecular flexibility index (Phi) is 0.817. The molecule has 0 aliphatic rings. The molecule has 38 valence electrons. The maximum atomic E-state index is 11.7. The maximum Gasteiger partial charge on any atom is 0.347 e. The van der Waals surface area contributed by atoms with Crippen molar-refractivity contribution in [2.45, 2.75) is 0 Å². The van der Waals surface area contributed by atoms with Crippen LogP contribution in [-0.4, -0.2) is 0 Å². The standard InChI is InChI=1S/C4H5FNO/c1-6-2-4(5)7-3-6/h2-3H,1H3/q+1. The van der Waals surface area contributed by atoms with Gasteiger partial charge in [-0.3, -0.25) is 0 Å². The van der Waals surface area contributed by atoms with E-state index in [-0.39, 0.29) is 0 Å².